The molecule has 0 fully saturated rings. The lowest BCUT2D eigenvalue weighted by Crippen LogP contribution is -2.07. The lowest BCUT2D eigenvalue weighted by Gasteiger charge is -2.15. The van der Waals surface area contributed by atoms with Gasteiger partial charge in [0.1, 0.15) is 11.6 Å². The van der Waals surface area contributed by atoms with E-state index < -0.39 is 9.84 Å². The van der Waals surface area contributed by atoms with Crippen molar-refractivity contribution >= 4 is 48.9 Å². The molecule has 0 atom stereocenters. The Morgan fingerprint density at radius 2 is 2.14 bits per heavy atom. The number of nitrogens with one attached hydrogen (secondary N) is 1. The van der Waals surface area contributed by atoms with Gasteiger partial charge in [0.25, 0.3) is 0 Å². The van der Waals surface area contributed by atoms with Crippen molar-refractivity contribution in [2.75, 3.05) is 18.7 Å². The lowest BCUT2D eigenvalue weighted by molar-refractivity contribution is 0.411. The standard InChI is InChI=1S/C13H13BrClN3O3S/c1-21-11-5-3-4-10(8(11)7-22(2,19)20)17-12-9(14)6-16-13(15)18-12/h3-6H,7H2,1-2H3,(H,16,17,18). The Morgan fingerprint density at radius 3 is 2.77 bits per heavy atom. The molecule has 2 rings (SSSR count). The molecule has 0 saturated heterocycles. The highest BCUT2D eigenvalue weighted by atomic mass is 79.9. The number of rotatable bonds is 5. The van der Waals surface area contributed by atoms with Gasteiger partial charge >= 0.3 is 0 Å². The maximum atomic E-state index is 11.7. The average Bonchev–Trinajstić information content (AvgIpc) is 2.43. The Morgan fingerprint density at radius 1 is 1.41 bits per heavy atom. The fourth-order valence-corrected chi connectivity index (χ4v) is 3.09. The van der Waals surface area contributed by atoms with Crippen molar-refractivity contribution in [2.24, 2.45) is 0 Å². The van der Waals surface area contributed by atoms with E-state index in [0.717, 1.165) is 0 Å². The molecular weight excluding hydrogens is 394 g/mol. The first-order chi connectivity index (χ1) is 10.3. The van der Waals surface area contributed by atoms with Crippen molar-refractivity contribution in [3.8, 4) is 5.75 Å². The minimum atomic E-state index is -3.23. The first-order valence-electron chi connectivity index (χ1n) is 6.09. The molecule has 0 amide bonds. The van der Waals surface area contributed by atoms with E-state index in [1.807, 2.05) is 0 Å². The molecule has 1 aromatic carbocycles. The van der Waals surface area contributed by atoms with Gasteiger partial charge in [0.05, 0.1) is 17.3 Å². The highest BCUT2D eigenvalue weighted by Crippen LogP contribution is 2.32. The second-order valence-corrected chi connectivity index (χ2v) is 7.85. The highest BCUT2D eigenvalue weighted by Gasteiger charge is 2.16. The first-order valence-corrected chi connectivity index (χ1v) is 9.32. The molecule has 6 nitrogen and oxygen atoms in total. The van der Waals surface area contributed by atoms with E-state index in [4.69, 9.17) is 16.3 Å². The predicted octanol–water partition coefficient (Wildman–Crippen LogP) is 3.19. The van der Waals surface area contributed by atoms with Crippen LogP contribution < -0.4 is 10.1 Å². The van der Waals surface area contributed by atoms with Gasteiger partial charge < -0.3 is 10.1 Å². The maximum Gasteiger partial charge on any atom is 0.224 e. The molecule has 0 aliphatic heterocycles. The summed E-state index contributed by atoms with van der Waals surface area (Å²) in [7, 11) is -1.74. The number of anilines is 2. The zero-order valence-electron chi connectivity index (χ0n) is 11.8. The molecular formula is C13H13BrClN3O3S. The molecule has 118 valence electrons. The van der Waals surface area contributed by atoms with Gasteiger partial charge in [-0.3, -0.25) is 0 Å². The SMILES string of the molecule is COc1cccc(Nc2nc(Cl)ncc2Br)c1CS(C)(=O)=O. The van der Waals surface area contributed by atoms with Crippen molar-refractivity contribution in [3.63, 3.8) is 0 Å². The molecule has 0 aliphatic carbocycles. The smallest absolute Gasteiger partial charge is 0.224 e. The average molecular weight is 407 g/mol. The van der Waals surface area contributed by atoms with Crippen molar-refractivity contribution in [2.45, 2.75) is 5.75 Å². The monoisotopic (exact) mass is 405 g/mol. The van der Waals surface area contributed by atoms with Crippen molar-refractivity contribution in [1.82, 2.24) is 9.97 Å². The third-order valence-corrected chi connectivity index (χ3v) is 4.30. The van der Waals surface area contributed by atoms with Crippen LogP contribution in [-0.2, 0) is 15.6 Å². The molecule has 0 bridgehead atoms. The second kappa shape index (κ2) is 6.80. The summed E-state index contributed by atoms with van der Waals surface area (Å²) in [5, 5.41) is 3.13. The quantitative estimate of drug-likeness (QED) is 0.768. The predicted molar refractivity (Wildman–Crippen MR) is 89.6 cm³/mol. The van der Waals surface area contributed by atoms with Gasteiger partial charge in [0.15, 0.2) is 9.84 Å². The van der Waals surface area contributed by atoms with E-state index >= 15 is 0 Å². The van der Waals surface area contributed by atoms with Crippen molar-refractivity contribution < 1.29 is 13.2 Å². The van der Waals surface area contributed by atoms with E-state index in [1.54, 1.807) is 18.2 Å². The molecule has 9 heteroatoms. The van der Waals surface area contributed by atoms with E-state index in [-0.39, 0.29) is 11.0 Å². The molecule has 1 N–H and O–H groups in total. The zero-order chi connectivity index (χ0) is 16.3. The van der Waals surface area contributed by atoms with Crippen LogP contribution in [0, 0.1) is 0 Å². The third-order valence-electron chi connectivity index (χ3n) is 2.73. The summed E-state index contributed by atoms with van der Waals surface area (Å²) >= 11 is 9.10. The molecule has 2 aromatic rings. The number of hydrogen-bond donors (Lipinski definition) is 1. The van der Waals surface area contributed by atoms with Crippen LogP contribution in [-0.4, -0.2) is 31.8 Å². The summed E-state index contributed by atoms with van der Waals surface area (Å²) in [6, 6.07) is 5.20. The molecule has 0 unspecified atom stereocenters. The zero-order valence-corrected chi connectivity index (χ0v) is 15.0. The van der Waals surface area contributed by atoms with Crippen LogP contribution in [0.5, 0.6) is 5.75 Å². The second-order valence-electron chi connectivity index (χ2n) is 4.52. The van der Waals surface area contributed by atoms with Crippen LogP contribution in [0.2, 0.25) is 5.28 Å². The summed E-state index contributed by atoms with van der Waals surface area (Å²) in [6.45, 7) is 0. The van der Waals surface area contributed by atoms with Gasteiger partial charge in [-0.2, -0.15) is 4.98 Å². The number of hydrogen-bond acceptors (Lipinski definition) is 6. The largest absolute Gasteiger partial charge is 0.496 e. The molecule has 0 radical (unpaired) electrons. The number of sulfone groups is 1. The highest BCUT2D eigenvalue weighted by molar-refractivity contribution is 9.10. The number of halogens is 2. The molecule has 0 saturated carbocycles. The Bertz CT molecular complexity index is 799. The van der Waals surface area contributed by atoms with Crippen LogP contribution in [0.25, 0.3) is 0 Å². The van der Waals surface area contributed by atoms with E-state index in [9.17, 15) is 8.42 Å². The van der Waals surface area contributed by atoms with Crippen LogP contribution in [0.3, 0.4) is 0 Å². The number of nitrogens with zero attached hydrogens (tertiary/aromatic N) is 2. The van der Waals surface area contributed by atoms with Crippen molar-refractivity contribution in [1.29, 1.82) is 0 Å². The molecule has 22 heavy (non-hydrogen) atoms. The van der Waals surface area contributed by atoms with E-state index in [2.05, 4.69) is 31.2 Å². The normalized spacial score (nSPS) is 11.3. The minimum absolute atomic E-state index is 0.0817. The minimum Gasteiger partial charge on any atom is -0.496 e. The lowest BCUT2D eigenvalue weighted by atomic mass is 10.2. The molecule has 0 spiro atoms. The van der Waals surface area contributed by atoms with Gasteiger partial charge in [0, 0.05) is 23.7 Å². The molecule has 1 heterocycles. The fraction of sp³-hybridized carbons (Fsp3) is 0.231. The van der Waals surface area contributed by atoms with Crippen LogP contribution in [0.15, 0.2) is 28.9 Å². The number of ether oxygens (including phenoxy) is 1. The van der Waals surface area contributed by atoms with Gasteiger partial charge in [-0.1, -0.05) is 6.07 Å². The summed E-state index contributed by atoms with van der Waals surface area (Å²) in [4.78, 5) is 7.91. The third kappa shape index (κ3) is 4.31. The van der Waals surface area contributed by atoms with Gasteiger partial charge in [-0.15, -0.1) is 0 Å². The Balaban J connectivity index is 2.48. The van der Waals surface area contributed by atoms with Gasteiger partial charge in [0.2, 0.25) is 5.28 Å². The Labute approximate surface area is 141 Å². The maximum absolute atomic E-state index is 11.7. The summed E-state index contributed by atoms with van der Waals surface area (Å²) in [6.07, 6.45) is 2.68. The fourth-order valence-electron chi connectivity index (χ4n) is 1.85. The Hall–Kier alpha value is -1.38. The summed E-state index contributed by atoms with van der Waals surface area (Å²) in [5.41, 5.74) is 1.09. The van der Waals surface area contributed by atoms with Crippen LogP contribution >= 0.6 is 27.5 Å². The summed E-state index contributed by atoms with van der Waals surface area (Å²) < 4.78 is 29.2. The topological polar surface area (TPSA) is 81.2 Å². The van der Waals surface area contributed by atoms with Gasteiger partial charge in [-0.05, 0) is 39.7 Å². The van der Waals surface area contributed by atoms with E-state index in [0.29, 0.717) is 27.3 Å². The van der Waals surface area contributed by atoms with E-state index in [1.165, 1.54) is 19.6 Å². The first kappa shape index (κ1) is 17.0. The van der Waals surface area contributed by atoms with Gasteiger partial charge in [-0.25, -0.2) is 13.4 Å². The van der Waals surface area contributed by atoms with Crippen LogP contribution in [0.1, 0.15) is 5.56 Å². The summed E-state index contributed by atoms with van der Waals surface area (Å²) in [5.74, 6) is 0.755. The molecule has 1 aromatic heterocycles. The number of methoxy groups -OCH3 is 1. The Kier molecular flexibility index (Phi) is 5.25. The molecule has 0 aliphatic rings. The number of aromatic nitrogens is 2. The van der Waals surface area contributed by atoms with Crippen LogP contribution in [0.4, 0.5) is 11.5 Å². The number of benzene rings is 1. The van der Waals surface area contributed by atoms with Crippen molar-refractivity contribution in [3.05, 3.63) is 39.7 Å².